The number of nitrogens with zero attached hydrogens (tertiary/aromatic N) is 4. The summed E-state index contributed by atoms with van der Waals surface area (Å²) >= 11 is 14.3. The number of aromatic nitrogens is 3. The van der Waals surface area contributed by atoms with Crippen LogP contribution in [-0.2, 0) is 9.53 Å². The van der Waals surface area contributed by atoms with Crippen molar-refractivity contribution in [3.8, 4) is 5.69 Å². The summed E-state index contributed by atoms with van der Waals surface area (Å²) in [5.74, 6) is -1.86. The number of carboxylic acid groups (broad SMARTS) is 1. The van der Waals surface area contributed by atoms with Gasteiger partial charge in [-0.2, -0.15) is 13.2 Å². The number of carbonyl (C=O) groups excluding carboxylic acids is 1. The minimum atomic E-state index is -5.08. The third-order valence-electron chi connectivity index (χ3n) is 7.15. The Kier molecular flexibility index (Phi) is 9.86. The second kappa shape index (κ2) is 13.5. The molecule has 3 heterocycles. The molecule has 1 aliphatic heterocycles. The van der Waals surface area contributed by atoms with Gasteiger partial charge in [-0.15, -0.1) is 11.3 Å². The van der Waals surface area contributed by atoms with E-state index in [0.29, 0.717) is 23.1 Å². The number of halogens is 5. The molecule has 1 unspecified atom stereocenters. The van der Waals surface area contributed by atoms with E-state index in [9.17, 15) is 18.0 Å². The zero-order chi connectivity index (χ0) is 34.1. The lowest BCUT2D eigenvalue weighted by molar-refractivity contribution is -0.192. The maximum atomic E-state index is 12.6. The zero-order valence-corrected chi connectivity index (χ0v) is 27.7. The average Bonchev–Trinajstić information content (AvgIpc) is 3.61. The number of carboxylic acids is 1. The number of aliphatic carboxylic acids is 1. The first-order valence-corrected chi connectivity index (χ1v) is 16.0. The van der Waals surface area contributed by atoms with Crippen molar-refractivity contribution in [1.29, 1.82) is 0 Å². The molecule has 0 radical (unpaired) electrons. The van der Waals surface area contributed by atoms with E-state index in [4.69, 9.17) is 42.8 Å². The van der Waals surface area contributed by atoms with E-state index in [-0.39, 0.29) is 17.9 Å². The average molecular weight is 706 g/mol. The topological polar surface area (TPSA) is 97.5 Å². The van der Waals surface area contributed by atoms with Crippen molar-refractivity contribution in [1.82, 2.24) is 19.4 Å². The van der Waals surface area contributed by atoms with E-state index in [1.165, 1.54) is 0 Å². The van der Waals surface area contributed by atoms with Crippen LogP contribution in [0.5, 0.6) is 0 Å². The zero-order valence-electron chi connectivity index (χ0n) is 25.3. The second-order valence-electron chi connectivity index (χ2n) is 11.8. The number of hydrogen-bond acceptors (Lipinski definition) is 6. The molecule has 0 bridgehead atoms. The second-order valence-corrected chi connectivity index (χ2v) is 13.6. The minimum absolute atomic E-state index is 0.0563. The Morgan fingerprint density at radius 2 is 1.64 bits per heavy atom. The van der Waals surface area contributed by atoms with Crippen LogP contribution in [0.15, 0.2) is 78.3 Å². The number of benzene rings is 3. The van der Waals surface area contributed by atoms with Gasteiger partial charge in [-0.1, -0.05) is 47.5 Å². The summed E-state index contributed by atoms with van der Waals surface area (Å²) in [6.07, 6.45) is -3.55. The Balaban J connectivity index is 0.000000559. The van der Waals surface area contributed by atoms with Crippen LogP contribution in [-0.4, -0.2) is 61.5 Å². The molecule has 6 rings (SSSR count). The van der Waals surface area contributed by atoms with Gasteiger partial charge in [0.2, 0.25) is 0 Å². The smallest absolute Gasteiger partial charge is 0.475 e. The SMILES string of the molecule is CC(C)(C)OC(=O)N1CC(c2nc3ccc(C(c4ccc(Cl)cc4)c4nccs4)cc3n2-c2cccc(Cl)c2)C1.O=C(O)C(F)(F)F. The Bertz CT molecular complexity index is 1880. The van der Waals surface area contributed by atoms with Crippen LogP contribution in [0, 0.1) is 0 Å². The van der Waals surface area contributed by atoms with E-state index in [1.54, 1.807) is 16.2 Å². The van der Waals surface area contributed by atoms with Gasteiger partial charge in [-0.3, -0.25) is 4.57 Å². The van der Waals surface area contributed by atoms with Crippen LogP contribution in [0.25, 0.3) is 16.7 Å². The molecular weight excluding hydrogens is 676 g/mol. The molecular formula is C33H29Cl2F3N4O4S. The molecule has 1 N–H and O–H groups in total. The lowest BCUT2D eigenvalue weighted by atomic mass is 9.91. The van der Waals surface area contributed by atoms with Gasteiger partial charge in [-0.05, 0) is 74.4 Å². The monoisotopic (exact) mass is 704 g/mol. The van der Waals surface area contributed by atoms with E-state index >= 15 is 0 Å². The summed E-state index contributed by atoms with van der Waals surface area (Å²) in [7, 11) is 0. The van der Waals surface area contributed by atoms with Gasteiger partial charge in [0.1, 0.15) is 16.4 Å². The lowest BCUT2D eigenvalue weighted by Gasteiger charge is -2.39. The number of hydrogen-bond donors (Lipinski definition) is 1. The number of thiazole rings is 1. The molecule has 5 aromatic rings. The van der Waals surface area contributed by atoms with Crippen molar-refractivity contribution in [2.75, 3.05) is 13.1 Å². The van der Waals surface area contributed by atoms with Crippen LogP contribution in [0.4, 0.5) is 18.0 Å². The van der Waals surface area contributed by atoms with Crippen molar-refractivity contribution in [2.45, 2.75) is 44.4 Å². The predicted molar refractivity (Wildman–Crippen MR) is 175 cm³/mol. The number of alkyl halides is 3. The summed E-state index contributed by atoms with van der Waals surface area (Å²) in [6.45, 7) is 6.71. The lowest BCUT2D eigenvalue weighted by Crippen LogP contribution is -2.50. The highest BCUT2D eigenvalue weighted by atomic mass is 35.5. The first-order valence-electron chi connectivity index (χ1n) is 14.3. The number of imidazole rings is 1. The van der Waals surface area contributed by atoms with E-state index < -0.39 is 17.7 Å². The third-order valence-corrected chi connectivity index (χ3v) is 8.47. The first kappa shape index (κ1) is 34.2. The molecule has 1 atom stereocenters. The van der Waals surface area contributed by atoms with Crippen molar-refractivity contribution in [3.63, 3.8) is 0 Å². The molecule has 0 aliphatic carbocycles. The molecule has 1 fully saturated rings. The van der Waals surface area contributed by atoms with Gasteiger partial charge in [0.25, 0.3) is 0 Å². The quantitative estimate of drug-likeness (QED) is 0.196. The molecule has 3 aromatic carbocycles. The van der Waals surface area contributed by atoms with Gasteiger partial charge in [0.05, 0.1) is 22.9 Å². The van der Waals surface area contributed by atoms with Crippen molar-refractivity contribution in [2.24, 2.45) is 0 Å². The van der Waals surface area contributed by atoms with Gasteiger partial charge < -0.3 is 14.7 Å². The van der Waals surface area contributed by atoms with E-state index in [2.05, 4.69) is 39.9 Å². The fraction of sp³-hybridized carbons (Fsp3) is 0.273. The standard InChI is InChI=1S/C31H28Cl2N4O2S.C2HF3O2/c1-31(2,3)39-30(38)36-17-21(18-36)28-35-25-12-9-20(15-26(25)37(28)24-6-4-5-23(33)16-24)27(29-34-13-14-40-29)19-7-10-22(32)11-8-19;3-2(4,5)1(6)7/h4-16,21,27H,17-18H2,1-3H3;(H,6,7). The fourth-order valence-electron chi connectivity index (χ4n) is 5.08. The Morgan fingerprint density at radius 1 is 0.979 bits per heavy atom. The maximum absolute atomic E-state index is 12.6. The Morgan fingerprint density at radius 3 is 2.21 bits per heavy atom. The number of rotatable bonds is 5. The maximum Gasteiger partial charge on any atom is 0.490 e. The number of amides is 1. The summed E-state index contributed by atoms with van der Waals surface area (Å²) in [4.78, 5) is 33.0. The third kappa shape index (κ3) is 8.06. The predicted octanol–water partition coefficient (Wildman–Crippen LogP) is 8.94. The molecule has 0 saturated carbocycles. The first-order chi connectivity index (χ1) is 22.1. The van der Waals surface area contributed by atoms with Gasteiger partial charge in [0.15, 0.2) is 0 Å². The summed E-state index contributed by atoms with van der Waals surface area (Å²) in [5, 5.41) is 11.5. The highest BCUT2D eigenvalue weighted by Gasteiger charge is 2.39. The highest BCUT2D eigenvalue weighted by Crippen LogP contribution is 2.38. The molecule has 1 amide bonds. The van der Waals surface area contributed by atoms with Crippen molar-refractivity contribution in [3.05, 3.63) is 110 Å². The van der Waals surface area contributed by atoms with Crippen LogP contribution in [0.1, 0.15) is 54.6 Å². The van der Waals surface area contributed by atoms with E-state index in [1.807, 2.05) is 68.7 Å². The Hall–Kier alpha value is -4.13. The largest absolute Gasteiger partial charge is 0.490 e. The summed E-state index contributed by atoms with van der Waals surface area (Å²) in [6, 6.07) is 22.1. The van der Waals surface area contributed by atoms with Crippen molar-refractivity contribution >= 4 is 57.6 Å². The van der Waals surface area contributed by atoms with Gasteiger partial charge in [-0.25, -0.2) is 19.6 Å². The summed E-state index contributed by atoms with van der Waals surface area (Å²) in [5.41, 5.74) is 4.45. The van der Waals surface area contributed by atoms with Crippen molar-refractivity contribution < 1.29 is 32.6 Å². The molecule has 246 valence electrons. The van der Waals surface area contributed by atoms with Crippen LogP contribution in [0.3, 0.4) is 0 Å². The normalized spacial score (nSPS) is 14.3. The van der Waals surface area contributed by atoms with E-state index in [0.717, 1.165) is 38.7 Å². The molecule has 8 nitrogen and oxygen atoms in total. The number of carbonyl (C=O) groups is 2. The van der Waals surface area contributed by atoms with Crippen LogP contribution >= 0.6 is 34.5 Å². The number of fused-ring (bicyclic) bond motifs is 1. The number of likely N-dealkylation sites (tertiary alicyclic amines) is 1. The Labute approximate surface area is 282 Å². The molecule has 1 aliphatic rings. The number of ether oxygens (including phenoxy) is 1. The molecule has 0 spiro atoms. The fourth-order valence-corrected chi connectivity index (χ4v) is 6.18. The molecule has 1 saturated heterocycles. The van der Waals surface area contributed by atoms with Gasteiger partial charge in [0, 0.05) is 40.4 Å². The molecule has 2 aromatic heterocycles. The van der Waals surface area contributed by atoms with Crippen LogP contribution in [0.2, 0.25) is 10.0 Å². The van der Waals surface area contributed by atoms with Gasteiger partial charge >= 0.3 is 18.2 Å². The molecule has 47 heavy (non-hydrogen) atoms. The minimum Gasteiger partial charge on any atom is -0.475 e. The molecule has 14 heteroatoms. The highest BCUT2D eigenvalue weighted by molar-refractivity contribution is 7.09. The summed E-state index contributed by atoms with van der Waals surface area (Å²) < 4.78 is 39.5. The van der Waals surface area contributed by atoms with Crippen LogP contribution < -0.4 is 0 Å².